The molecule has 0 fully saturated rings. The number of alkyl halides is 2. The number of rotatable bonds is 6. The summed E-state index contributed by atoms with van der Waals surface area (Å²) >= 11 is 0. The molecule has 0 atom stereocenters. The molecule has 0 saturated heterocycles. The van der Waals surface area contributed by atoms with Crippen molar-refractivity contribution in [3.8, 4) is 11.5 Å². The lowest BCUT2D eigenvalue weighted by Crippen LogP contribution is -2.08. The minimum Gasteiger partial charge on any atom is -0.493 e. The van der Waals surface area contributed by atoms with Crippen molar-refractivity contribution in [1.29, 1.82) is 0 Å². The number of nitrogens with one attached hydrogen (secondary N) is 1. The molecule has 0 bridgehead atoms. The highest BCUT2D eigenvalue weighted by molar-refractivity contribution is 5.49. The van der Waals surface area contributed by atoms with Gasteiger partial charge in [-0.25, -0.2) is 4.98 Å². The van der Waals surface area contributed by atoms with Gasteiger partial charge in [0.25, 0.3) is 0 Å². The van der Waals surface area contributed by atoms with Gasteiger partial charge in [0, 0.05) is 12.1 Å². The molecule has 1 N–H and O–H groups in total. The normalized spacial score (nSPS) is 10.5. The second kappa shape index (κ2) is 6.83. The Labute approximate surface area is 119 Å². The van der Waals surface area contributed by atoms with Crippen molar-refractivity contribution in [2.45, 2.75) is 13.2 Å². The van der Waals surface area contributed by atoms with E-state index in [4.69, 9.17) is 4.74 Å². The van der Waals surface area contributed by atoms with Gasteiger partial charge in [-0.05, 0) is 18.2 Å². The number of aromatic nitrogens is 1. The number of anilines is 1. The summed E-state index contributed by atoms with van der Waals surface area (Å²) in [6.45, 7) is -2.75. The SMILES string of the molecule is COc1cccc(CNc2ccc(F)nc2)c1OC(F)F. The Morgan fingerprint density at radius 3 is 2.67 bits per heavy atom. The van der Waals surface area contributed by atoms with E-state index in [9.17, 15) is 13.2 Å². The predicted molar refractivity (Wildman–Crippen MR) is 71.1 cm³/mol. The van der Waals surface area contributed by atoms with Crippen LogP contribution in [-0.2, 0) is 6.54 Å². The molecule has 21 heavy (non-hydrogen) atoms. The zero-order valence-electron chi connectivity index (χ0n) is 11.1. The van der Waals surface area contributed by atoms with E-state index in [0.29, 0.717) is 11.3 Å². The number of methoxy groups -OCH3 is 1. The lowest BCUT2D eigenvalue weighted by Gasteiger charge is -2.15. The first-order valence-electron chi connectivity index (χ1n) is 6.06. The van der Waals surface area contributed by atoms with Gasteiger partial charge in [-0.1, -0.05) is 12.1 Å². The first kappa shape index (κ1) is 15.0. The standard InChI is InChI=1S/C14H13F3N2O2/c1-20-11-4-2-3-9(13(11)21-14(16)17)7-18-10-5-6-12(15)19-8-10/h2-6,8,14,18H,7H2,1H3. The number of benzene rings is 1. The summed E-state index contributed by atoms with van der Waals surface area (Å²) in [7, 11) is 1.37. The molecular formula is C14H13F3N2O2. The van der Waals surface area contributed by atoms with Gasteiger partial charge in [0.15, 0.2) is 11.5 Å². The summed E-state index contributed by atoms with van der Waals surface area (Å²) in [5, 5.41) is 2.94. The molecule has 0 saturated carbocycles. The molecule has 4 nitrogen and oxygen atoms in total. The van der Waals surface area contributed by atoms with Crippen LogP contribution in [0, 0.1) is 5.95 Å². The van der Waals surface area contributed by atoms with Gasteiger partial charge in [0.2, 0.25) is 5.95 Å². The van der Waals surface area contributed by atoms with Crippen LogP contribution in [0.3, 0.4) is 0 Å². The molecular weight excluding hydrogens is 285 g/mol. The zero-order valence-corrected chi connectivity index (χ0v) is 11.1. The summed E-state index contributed by atoms with van der Waals surface area (Å²) < 4.78 is 47.2. The van der Waals surface area contributed by atoms with E-state index in [1.54, 1.807) is 12.1 Å². The van der Waals surface area contributed by atoms with Crippen LogP contribution in [0.5, 0.6) is 11.5 Å². The maximum atomic E-state index is 12.7. The molecule has 7 heteroatoms. The Bertz CT molecular complexity index is 591. The van der Waals surface area contributed by atoms with Gasteiger partial charge >= 0.3 is 6.61 Å². The van der Waals surface area contributed by atoms with Crippen molar-refractivity contribution >= 4 is 5.69 Å². The molecule has 0 aliphatic carbocycles. The van der Waals surface area contributed by atoms with Crippen LogP contribution in [0.1, 0.15) is 5.56 Å². The Balaban J connectivity index is 2.16. The number of ether oxygens (including phenoxy) is 2. The summed E-state index contributed by atoms with van der Waals surface area (Å²) in [6.07, 6.45) is 1.31. The van der Waals surface area contributed by atoms with Gasteiger partial charge in [-0.15, -0.1) is 0 Å². The van der Waals surface area contributed by atoms with E-state index in [0.717, 1.165) is 0 Å². The van der Waals surface area contributed by atoms with Crippen molar-refractivity contribution in [3.63, 3.8) is 0 Å². The molecule has 0 amide bonds. The van der Waals surface area contributed by atoms with Gasteiger partial charge in [0.05, 0.1) is 19.0 Å². The van der Waals surface area contributed by atoms with Crippen LogP contribution in [0.4, 0.5) is 18.9 Å². The average molecular weight is 298 g/mol. The maximum absolute atomic E-state index is 12.7. The quantitative estimate of drug-likeness (QED) is 0.830. The van der Waals surface area contributed by atoms with Gasteiger partial charge in [-0.3, -0.25) is 0 Å². The van der Waals surface area contributed by atoms with Crippen LogP contribution < -0.4 is 14.8 Å². The molecule has 2 rings (SSSR count). The molecule has 1 heterocycles. The second-order valence-electron chi connectivity index (χ2n) is 4.05. The molecule has 0 radical (unpaired) electrons. The fourth-order valence-corrected chi connectivity index (χ4v) is 1.76. The average Bonchev–Trinajstić information content (AvgIpc) is 2.47. The smallest absolute Gasteiger partial charge is 0.387 e. The zero-order chi connectivity index (χ0) is 15.2. The van der Waals surface area contributed by atoms with Gasteiger partial charge in [0.1, 0.15) is 0 Å². The molecule has 1 aromatic heterocycles. The van der Waals surface area contributed by atoms with Crippen LogP contribution in [0.15, 0.2) is 36.5 Å². The highest BCUT2D eigenvalue weighted by Crippen LogP contribution is 2.32. The third kappa shape index (κ3) is 4.01. The lowest BCUT2D eigenvalue weighted by atomic mass is 10.2. The monoisotopic (exact) mass is 298 g/mol. The predicted octanol–water partition coefficient (Wildman–Crippen LogP) is 3.44. The van der Waals surface area contributed by atoms with Crippen LogP contribution in [-0.4, -0.2) is 18.7 Å². The first-order valence-corrected chi connectivity index (χ1v) is 6.06. The molecule has 112 valence electrons. The molecule has 0 spiro atoms. The molecule has 0 aliphatic heterocycles. The van der Waals surface area contributed by atoms with E-state index in [1.807, 2.05) is 0 Å². The van der Waals surface area contributed by atoms with E-state index >= 15 is 0 Å². The van der Waals surface area contributed by atoms with E-state index < -0.39 is 12.6 Å². The molecule has 2 aromatic rings. The summed E-state index contributed by atoms with van der Waals surface area (Å²) in [5.41, 5.74) is 1.04. The Hall–Kier alpha value is -2.44. The van der Waals surface area contributed by atoms with E-state index in [-0.39, 0.29) is 18.0 Å². The summed E-state index contributed by atoms with van der Waals surface area (Å²) in [4.78, 5) is 3.49. The Morgan fingerprint density at radius 2 is 2.05 bits per heavy atom. The highest BCUT2D eigenvalue weighted by Gasteiger charge is 2.15. The van der Waals surface area contributed by atoms with Crippen molar-refractivity contribution in [2.75, 3.05) is 12.4 Å². The number of halogens is 3. The van der Waals surface area contributed by atoms with Crippen molar-refractivity contribution < 1.29 is 22.6 Å². The Morgan fingerprint density at radius 1 is 1.24 bits per heavy atom. The fourth-order valence-electron chi connectivity index (χ4n) is 1.76. The first-order chi connectivity index (χ1) is 10.1. The number of para-hydroxylation sites is 1. The minimum absolute atomic E-state index is 0.0300. The third-order valence-corrected chi connectivity index (χ3v) is 2.70. The minimum atomic E-state index is -2.95. The molecule has 0 unspecified atom stereocenters. The lowest BCUT2D eigenvalue weighted by molar-refractivity contribution is -0.0517. The van der Waals surface area contributed by atoms with Crippen LogP contribution >= 0.6 is 0 Å². The topological polar surface area (TPSA) is 43.4 Å². The number of hydrogen-bond donors (Lipinski definition) is 1. The van der Waals surface area contributed by atoms with Crippen molar-refractivity contribution in [3.05, 3.63) is 48.0 Å². The maximum Gasteiger partial charge on any atom is 0.387 e. The van der Waals surface area contributed by atoms with Gasteiger partial charge in [-0.2, -0.15) is 13.2 Å². The van der Waals surface area contributed by atoms with Gasteiger partial charge < -0.3 is 14.8 Å². The van der Waals surface area contributed by atoms with Crippen molar-refractivity contribution in [1.82, 2.24) is 4.98 Å². The van der Waals surface area contributed by atoms with Crippen LogP contribution in [0.2, 0.25) is 0 Å². The second-order valence-corrected chi connectivity index (χ2v) is 4.05. The summed E-state index contributed by atoms with van der Waals surface area (Å²) in [5.74, 6) is -0.409. The fraction of sp³-hybridized carbons (Fsp3) is 0.214. The summed E-state index contributed by atoms with van der Waals surface area (Å²) in [6, 6.07) is 7.52. The highest BCUT2D eigenvalue weighted by atomic mass is 19.3. The van der Waals surface area contributed by atoms with E-state index in [1.165, 1.54) is 31.5 Å². The van der Waals surface area contributed by atoms with Crippen LogP contribution in [0.25, 0.3) is 0 Å². The molecule has 1 aromatic carbocycles. The number of hydrogen-bond acceptors (Lipinski definition) is 4. The van der Waals surface area contributed by atoms with Crippen molar-refractivity contribution in [2.24, 2.45) is 0 Å². The van der Waals surface area contributed by atoms with E-state index in [2.05, 4.69) is 15.0 Å². The molecule has 0 aliphatic rings. The number of nitrogens with zero attached hydrogens (tertiary/aromatic N) is 1. The number of pyridine rings is 1. The third-order valence-electron chi connectivity index (χ3n) is 2.70. The largest absolute Gasteiger partial charge is 0.493 e. The Kier molecular flexibility index (Phi) is 4.86.